The lowest BCUT2D eigenvalue weighted by atomic mass is 9.81. The van der Waals surface area contributed by atoms with Gasteiger partial charge >= 0.3 is 0 Å². The summed E-state index contributed by atoms with van der Waals surface area (Å²) < 4.78 is 25.7. The Hall–Kier alpha value is -1.40. The molecule has 0 atom stereocenters. The van der Waals surface area contributed by atoms with Crippen LogP contribution in [0.4, 0.5) is 0 Å². The van der Waals surface area contributed by atoms with Crippen LogP contribution in [0, 0.1) is 0 Å². The molecule has 1 heterocycles. The fourth-order valence-corrected chi connectivity index (χ4v) is 4.58. The smallest absolute Gasteiger partial charge is 0.223 e. The molecular formula is C18H28N2O3S. The Bertz CT molecular complexity index is 648. The van der Waals surface area contributed by atoms with Crippen LogP contribution in [0.1, 0.15) is 39.2 Å². The molecule has 6 heteroatoms. The van der Waals surface area contributed by atoms with Crippen LogP contribution >= 0.6 is 0 Å². The second-order valence-corrected chi connectivity index (χ2v) is 9.11. The lowest BCUT2D eigenvalue weighted by molar-refractivity contribution is -0.133. The van der Waals surface area contributed by atoms with Crippen LogP contribution in [-0.4, -0.2) is 55.5 Å². The highest BCUT2D eigenvalue weighted by Crippen LogP contribution is 2.27. The molecule has 2 rings (SSSR count). The van der Waals surface area contributed by atoms with E-state index in [1.165, 1.54) is 4.31 Å². The van der Waals surface area contributed by atoms with E-state index < -0.39 is 10.0 Å². The minimum absolute atomic E-state index is 0.0939. The average Bonchev–Trinajstić information content (AvgIpc) is 2.55. The molecule has 0 unspecified atom stereocenters. The summed E-state index contributed by atoms with van der Waals surface area (Å²) in [4.78, 5) is 14.4. The molecule has 0 aliphatic carbocycles. The van der Waals surface area contributed by atoms with E-state index in [-0.39, 0.29) is 17.1 Å². The molecule has 0 aromatic heterocycles. The highest BCUT2D eigenvalue weighted by atomic mass is 32.2. The normalized spacial score (nSPS) is 17.0. The fourth-order valence-electron chi connectivity index (χ4n) is 3.08. The summed E-state index contributed by atoms with van der Waals surface area (Å²) in [5.41, 5.74) is 0.909. The van der Waals surface area contributed by atoms with Crippen LogP contribution in [0.5, 0.6) is 0 Å². The van der Waals surface area contributed by atoms with Gasteiger partial charge in [-0.25, -0.2) is 8.42 Å². The van der Waals surface area contributed by atoms with Crippen molar-refractivity contribution in [3.8, 4) is 0 Å². The molecule has 1 fully saturated rings. The van der Waals surface area contributed by atoms with E-state index in [2.05, 4.69) is 13.8 Å². The van der Waals surface area contributed by atoms with Crippen LogP contribution < -0.4 is 0 Å². The number of rotatable bonds is 6. The number of carbonyl (C=O) groups is 1. The quantitative estimate of drug-likeness (QED) is 0.789. The number of sulfonamides is 1. The molecular weight excluding hydrogens is 324 g/mol. The van der Waals surface area contributed by atoms with Crippen molar-refractivity contribution >= 4 is 15.9 Å². The Kier molecular flexibility index (Phi) is 6.04. The third-order valence-electron chi connectivity index (χ3n) is 4.60. The first kappa shape index (κ1) is 18.9. The van der Waals surface area contributed by atoms with Crippen molar-refractivity contribution in [1.29, 1.82) is 0 Å². The van der Waals surface area contributed by atoms with E-state index in [9.17, 15) is 13.2 Å². The van der Waals surface area contributed by atoms with Gasteiger partial charge in [0.05, 0.1) is 5.75 Å². The summed E-state index contributed by atoms with van der Waals surface area (Å²) in [6.07, 6.45) is 1.05. The third-order valence-corrected chi connectivity index (χ3v) is 6.67. The Morgan fingerprint density at radius 3 is 2.21 bits per heavy atom. The molecule has 0 radical (unpaired) electrons. The second kappa shape index (κ2) is 7.66. The van der Waals surface area contributed by atoms with Crippen molar-refractivity contribution in [1.82, 2.24) is 9.21 Å². The monoisotopic (exact) mass is 352 g/mol. The van der Waals surface area contributed by atoms with Crippen LogP contribution in [0.15, 0.2) is 30.3 Å². The fraction of sp³-hybridized carbons (Fsp3) is 0.611. The largest absolute Gasteiger partial charge is 0.340 e. The summed E-state index contributed by atoms with van der Waals surface area (Å²) in [5, 5.41) is 0. The van der Waals surface area contributed by atoms with Gasteiger partial charge in [0.1, 0.15) is 0 Å². The molecule has 134 valence electrons. The molecule has 1 aliphatic rings. The predicted octanol–water partition coefficient (Wildman–Crippen LogP) is 2.24. The van der Waals surface area contributed by atoms with E-state index in [1.807, 2.05) is 37.3 Å². The number of benzene rings is 1. The number of hydrogen-bond acceptors (Lipinski definition) is 3. The molecule has 1 aromatic rings. The number of amides is 1. The molecule has 1 saturated heterocycles. The van der Waals surface area contributed by atoms with Crippen LogP contribution in [-0.2, 0) is 20.2 Å². The number of nitrogens with zero attached hydrogens (tertiary/aromatic N) is 2. The summed E-state index contributed by atoms with van der Waals surface area (Å²) in [7, 11) is -3.17. The zero-order valence-electron chi connectivity index (χ0n) is 14.9. The van der Waals surface area contributed by atoms with Gasteiger partial charge in [-0.3, -0.25) is 4.79 Å². The van der Waals surface area contributed by atoms with Gasteiger partial charge < -0.3 is 4.90 Å². The van der Waals surface area contributed by atoms with Crippen LogP contribution in [0.25, 0.3) is 0 Å². The Morgan fingerprint density at radius 1 is 1.08 bits per heavy atom. The zero-order valence-corrected chi connectivity index (χ0v) is 15.7. The van der Waals surface area contributed by atoms with Crippen molar-refractivity contribution in [2.45, 2.75) is 39.0 Å². The molecule has 1 aliphatic heterocycles. The molecule has 5 nitrogen and oxygen atoms in total. The molecule has 0 saturated carbocycles. The van der Waals surface area contributed by atoms with Gasteiger partial charge in [0, 0.05) is 32.6 Å². The number of piperazine rings is 1. The molecule has 0 bridgehead atoms. The molecule has 1 amide bonds. The van der Waals surface area contributed by atoms with E-state index in [1.54, 1.807) is 4.90 Å². The minimum Gasteiger partial charge on any atom is -0.340 e. The SMILES string of the molecule is CCCS(=O)(=O)N1CCN(C(=O)CC(C)(C)c2ccccc2)CC1. The van der Waals surface area contributed by atoms with Gasteiger partial charge in [0.15, 0.2) is 0 Å². The third kappa shape index (κ3) is 4.57. The summed E-state index contributed by atoms with van der Waals surface area (Å²) in [5.74, 6) is 0.276. The van der Waals surface area contributed by atoms with Gasteiger partial charge in [0.2, 0.25) is 15.9 Å². The first-order chi connectivity index (χ1) is 11.3. The Balaban J connectivity index is 1.94. The minimum atomic E-state index is -3.17. The highest BCUT2D eigenvalue weighted by Gasteiger charge is 2.31. The average molecular weight is 353 g/mol. The zero-order chi connectivity index (χ0) is 17.8. The Morgan fingerprint density at radius 2 is 1.67 bits per heavy atom. The van der Waals surface area contributed by atoms with Crippen molar-refractivity contribution in [2.75, 3.05) is 31.9 Å². The lowest BCUT2D eigenvalue weighted by Gasteiger charge is -2.36. The second-order valence-electron chi connectivity index (χ2n) is 7.02. The predicted molar refractivity (Wildman–Crippen MR) is 96.3 cm³/mol. The Labute approximate surface area is 145 Å². The van der Waals surface area contributed by atoms with Gasteiger partial charge in [-0.1, -0.05) is 51.1 Å². The van der Waals surface area contributed by atoms with E-state index in [0.29, 0.717) is 39.0 Å². The van der Waals surface area contributed by atoms with Gasteiger partial charge in [-0.05, 0) is 17.4 Å². The van der Waals surface area contributed by atoms with Crippen LogP contribution in [0.3, 0.4) is 0 Å². The van der Waals surface area contributed by atoms with Gasteiger partial charge in [0.25, 0.3) is 0 Å². The van der Waals surface area contributed by atoms with Crippen molar-refractivity contribution < 1.29 is 13.2 Å². The van der Waals surface area contributed by atoms with Crippen LogP contribution in [0.2, 0.25) is 0 Å². The summed E-state index contributed by atoms with van der Waals surface area (Å²) >= 11 is 0. The molecule has 0 spiro atoms. The maximum atomic E-state index is 12.6. The number of carbonyl (C=O) groups excluding carboxylic acids is 1. The molecule has 0 N–H and O–H groups in total. The summed E-state index contributed by atoms with van der Waals surface area (Å²) in [6, 6.07) is 10.0. The number of hydrogen-bond donors (Lipinski definition) is 0. The maximum absolute atomic E-state index is 12.6. The standard InChI is InChI=1S/C18H28N2O3S/c1-4-14-24(22,23)20-12-10-19(11-13-20)17(21)15-18(2,3)16-8-6-5-7-9-16/h5-9H,4,10-15H2,1-3H3. The maximum Gasteiger partial charge on any atom is 0.223 e. The molecule has 24 heavy (non-hydrogen) atoms. The van der Waals surface area contributed by atoms with Gasteiger partial charge in [-0.15, -0.1) is 0 Å². The topological polar surface area (TPSA) is 57.7 Å². The van der Waals surface area contributed by atoms with E-state index >= 15 is 0 Å². The van der Waals surface area contributed by atoms with Crippen molar-refractivity contribution in [3.05, 3.63) is 35.9 Å². The molecule has 1 aromatic carbocycles. The van der Waals surface area contributed by atoms with E-state index in [0.717, 1.165) is 5.56 Å². The first-order valence-electron chi connectivity index (χ1n) is 8.57. The van der Waals surface area contributed by atoms with Gasteiger partial charge in [-0.2, -0.15) is 4.31 Å². The van der Waals surface area contributed by atoms with Crippen molar-refractivity contribution in [3.63, 3.8) is 0 Å². The summed E-state index contributed by atoms with van der Waals surface area (Å²) in [6.45, 7) is 7.77. The van der Waals surface area contributed by atoms with Crippen molar-refractivity contribution in [2.24, 2.45) is 0 Å². The lowest BCUT2D eigenvalue weighted by Crippen LogP contribution is -2.51. The first-order valence-corrected chi connectivity index (χ1v) is 10.2. The highest BCUT2D eigenvalue weighted by molar-refractivity contribution is 7.89. The van der Waals surface area contributed by atoms with E-state index in [4.69, 9.17) is 0 Å².